The van der Waals surface area contributed by atoms with Gasteiger partial charge in [0.25, 0.3) is 0 Å². The molecule has 1 N–H and O–H groups in total. The van der Waals surface area contributed by atoms with E-state index in [4.69, 9.17) is 4.74 Å². The number of hydrogen-bond acceptors (Lipinski definition) is 2. The van der Waals surface area contributed by atoms with E-state index in [-0.39, 0.29) is 5.82 Å². The monoisotopic (exact) mass is 287 g/mol. The molecule has 0 unspecified atom stereocenters. The van der Waals surface area contributed by atoms with Crippen LogP contribution in [-0.2, 0) is 24.4 Å². The molecule has 0 amide bonds. The van der Waals surface area contributed by atoms with Gasteiger partial charge in [0, 0.05) is 5.56 Å². The minimum Gasteiger partial charge on any atom is -0.372 e. The number of likely N-dealkylation sites (N-methyl/N-ethyl adjacent to an activating group) is 1. The molecule has 21 heavy (non-hydrogen) atoms. The van der Waals surface area contributed by atoms with Crippen LogP contribution in [0.3, 0.4) is 0 Å². The van der Waals surface area contributed by atoms with Crippen LogP contribution in [0.1, 0.15) is 23.6 Å². The van der Waals surface area contributed by atoms with Crippen molar-refractivity contribution in [1.82, 2.24) is 5.32 Å². The van der Waals surface area contributed by atoms with Crippen LogP contribution in [0.4, 0.5) is 4.39 Å². The van der Waals surface area contributed by atoms with Crippen LogP contribution in [0.5, 0.6) is 0 Å². The maximum absolute atomic E-state index is 13.5. The minimum absolute atomic E-state index is 0.210. The molecule has 2 rings (SSSR count). The summed E-state index contributed by atoms with van der Waals surface area (Å²) in [7, 11) is 0. The van der Waals surface area contributed by atoms with Gasteiger partial charge in [-0.25, -0.2) is 4.39 Å². The number of nitrogens with one attached hydrogen (secondary N) is 1. The zero-order valence-corrected chi connectivity index (χ0v) is 12.4. The zero-order valence-electron chi connectivity index (χ0n) is 12.4. The quantitative estimate of drug-likeness (QED) is 0.748. The predicted octanol–water partition coefficient (Wildman–Crippen LogP) is 3.69. The molecule has 0 aliphatic rings. The van der Waals surface area contributed by atoms with Crippen molar-refractivity contribution < 1.29 is 9.13 Å². The van der Waals surface area contributed by atoms with Gasteiger partial charge in [-0.3, -0.25) is 0 Å². The Morgan fingerprint density at radius 2 is 1.52 bits per heavy atom. The van der Waals surface area contributed by atoms with Gasteiger partial charge in [0.2, 0.25) is 0 Å². The average molecular weight is 287 g/mol. The molecule has 2 aromatic rings. The molecule has 0 bridgehead atoms. The Labute approximate surface area is 126 Å². The molecule has 112 valence electrons. The summed E-state index contributed by atoms with van der Waals surface area (Å²) in [5.74, 6) is -0.210. The summed E-state index contributed by atoms with van der Waals surface area (Å²) in [5.41, 5.74) is 3.06. The molecular weight excluding hydrogens is 265 g/mol. The second-order valence-corrected chi connectivity index (χ2v) is 4.96. The highest BCUT2D eigenvalue weighted by molar-refractivity contribution is 5.27. The van der Waals surface area contributed by atoms with E-state index < -0.39 is 0 Å². The number of halogens is 1. The number of rotatable bonds is 8. The largest absolute Gasteiger partial charge is 0.372 e. The lowest BCUT2D eigenvalue weighted by molar-refractivity contribution is 0.104. The number of ether oxygens (including phenoxy) is 1. The second kappa shape index (κ2) is 8.55. The van der Waals surface area contributed by atoms with Crippen molar-refractivity contribution in [3.05, 3.63) is 71.0 Å². The van der Waals surface area contributed by atoms with E-state index in [0.29, 0.717) is 18.8 Å². The number of hydrogen-bond donors (Lipinski definition) is 1. The highest BCUT2D eigenvalue weighted by Crippen LogP contribution is 2.13. The molecule has 0 fully saturated rings. The third-order valence-electron chi connectivity index (χ3n) is 3.41. The Bertz CT molecular complexity index is 556. The summed E-state index contributed by atoms with van der Waals surface area (Å²) in [6.07, 6.45) is 0.979. The Morgan fingerprint density at radius 1 is 0.905 bits per heavy atom. The van der Waals surface area contributed by atoms with Crippen molar-refractivity contribution >= 4 is 0 Å². The molecule has 0 saturated carbocycles. The van der Waals surface area contributed by atoms with Crippen molar-refractivity contribution in [2.75, 3.05) is 13.1 Å². The van der Waals surface area contributed by atoms with E-state index in [9.17, 15) is 4.39 Å². The van der Waals surface area contributed by atoms with E-state index in [0.717, 1.165) is 19.5 Å². The first-order chi connectivity index (χ1) is 10.3. The SMILES string of the molecule is CCNCCc1ccccc1COCc1ccccc1F. The van der Waals surface area contributed by atoms with E-state index >= 15 is 0 Å². The molecule has 0 saturated heterocycles. The first kappa shape index (κ1) is 15.7. The predicted molar refractivity (Wildman–Crippen MR) is 83.6 cm³/mol. The lowest BCUT2D eigenvalue weighted by atomic mass is 10.1. The van der Waals surface area contributed by atoms with Crippen LogP contribution in [0.25, 0.3) is 0 Å². The Morgan fingerprint density at radius 3 is 2.24 bits per heavy atom. The maximum Gasteiger partial charge on any atom is 0.128 e. The molecule has 0 heterocycles. The Kier molecular flexibility index (Phi) is 6.38. The van der Waals surface area contributed by atoms with Crippen molar-refractivity contribution in [2.24, 2.45) is 0 Å². The standard InChI is InChI=1S/C18H22FNO/c1-2-20-12-11-15-7-3-4-8-16(15)13-21-14-17-9-5-6-10-18(17)19/h3-10,20H,2,11-14H2,1H3. The summed E-state index contributed by atoms with van der Waals surface area (Å²) < 4.78 is 19.2. The first-order valence-electron chi connectivity index (χ1n) is 7.40. The van der Waals surface area contributed by atoms with E-state index in [1.54, 1.807) is 12.1 Å². The molecule has 2 aromatic carbocycles. The molecule has 0 aliphatic heterocycles. The summed E-state index contributed by atoms with van der Waals surface area (Å²) in [6, 6.07) is 15.0. The smallest absolute Gasteiger partial charge is 0.128 e. The molecule has 0 spiro atoms. The van der Waals surface area contributed by atoms with Gasteiger partial charge in [-0.1, -0.05) is 49.4 Å². The highest BCUT2D eigenvalue weighted by atomic mass is 19.1. The minimum atomic E-state index is -0.210. The average Bonchev–Trinajstić information content (AvgIpc) is 2.51. The summed E-state index contributed by atoms with van der Waals surface area (Å²) in [6.45, 7) is 4.85. The topological polar surface area (TPSA) is 21.3 Å². The molecule has 0 aromatic heterocycles. The van der Waals surface area contributed by atoms with Crippen LogP contribution < -0.4 is 5.32 Å². The van der Waals surface area contributed by atoms with Gasteiger partial charge in [0.05, 0.1) is 13.2 Å². The fourth-order valence-corrected chi connectivity index (χ4v) is 2.23. The second-order valence-electron chi connectivity index (χ2n) is 4.96. The zero-order chi connectivity index (χ0) is 14.9. The van der Waals surface area contributed by atoms with Crippen molar-refractivity contribution in [3.8, 4) is 0 Å². The van der Waals surface area contributed by atoms with Crippen molar-refractivity contribution in [2.45, 2.75) is 26.6 Å². The van der Waals surface area contributed by atoms with Gasteiger partial charge >= 0.3 is 0 Å². The van der Waals surface area contributed by atoms with Crippen molar-refractivity contribution in [1.29, 1.82) is 0 Å². The summed E-state index contributed by atoms with van der Waals surface area (Å²) in [4.78, 5) is 0. The van der Waals surface area contributed by atoms with Crippen LogP contribution >= 0.6 is 0 Å². The van der Waals surface area contributed by atoms with E-state index in [2.05, 4.69) is 24.4 Å². The van der Waals surface area contributed by atoms with Crippen LogP contribution in [-0.4, -0.2) is 13.1 Å². The third-order valence-corrected chi connectivity index (χ3v) is 3.41. The Hall–Kier alpha value is -1.71. The van der Waals surface area contributed by atoms with Gasteiger partial charge in [-0.2, -0.15) is 0 Å². The molecule has 3 heteroatoms. The van der Waals surface area contributed by atoms with Gasteiger partial charge in [0.1, 0.15) is 5.82 Å². The fourth-order valence-electron chi connectivity index (χ4n) is 2.23. The van der Waals surface area contributed by atoms with Gasteiger partial charge in [-0.15, -0.1) is 0 Å². The lowest BCUT2D eigenvalue weighted by Gasteiger charge is -2.11. The molecule has 0 aliphatic carbocycles. The van der Waals surface area contributed by atoms with Gasteiger partial charge in [-0.05, 0) is 36.7 Å². The summed E-state index contributed by atoms with van der Waals surface area (Å²) >= 11 is 0. The van der Waals surface area contributed by atoms with Crippen LogP contribution in [0.15, 0.2) is 48.5 Å². The maximum atomic E-state index is 13.5. The molecule has 0 atom stereocenters. The fraction of sp³-hybridized carbons (Fsp3) is 0.333. The summed E-state index contributed by atoms with van der Waals surface area (Å²) in [5, 5.41) is 3.32. The van der Waals surface area contributed by atoms with Gasteiger partial charge < -0.3 is 10.1 Å². The van der Waals surface area contributed by atoms with E-state index in [1.807, 2.05) is 18.2 Å². The Balaban J connectivity index is 1.89. The van der Waals surface area contributed by atoms with Gasteiger partial charge in [0.15, 0.2) is 0 Å². The lowest BCUT2D eigenvalue weighted by Crippen LogP contribution is -2.16. The van der Waals surface area contributed by atoms with Crippen molar-refractivity contribution in [3.63, 3.8) is 0 Å². The third kappa shape index (κ3) is 4.96. The molecule has 0 radical (unpaired) electrons. The van der Waals surface area contributed by atoms with Crippen LogP contribution in [0.2, 0.25) is 0 Å². The van der Waals surface area contributed by atoms with E-state index in [1.165, 1.54) is 17.2 Å². The first-order valence-corrected chi connectivity index (χ1v) is 7.40. The van der Waals surface area contributed by atoms with Crippen LogP contribution in [0, 0.1) is 5.82 Å². The molecular formula is C18H22FNO. The highest BCUT2D eigenvalue weighted by Gasteiger charge is 2.04. The normalized spacial score (nSPS) is 10.8. The number of benzene rings is 2. The molecule has 2 nitrogen and oxygen atoms in total.